The van der Waals surface area contributed by atoms with Crippen LogP contribution in [0.4, 0.5) is 4.39 Å². The first-order valence-electron chi connectivity index (χ1n) is 10.5. The van der Waals surface area contributed by atoms with Crippen LogP contribution in [0.2, 0.25) is 0 Å². The van der Waals surface area contributed by atoms with Gasteiger partial charge in [-0.15, -0.1) is 0 Å². The maximum atomic E-state index is 14.8. The smallest absolute Gasteiger partial charge is 0.251 e. The Labute approximate surface area is 189 Å². The van der Waals surface area contributed by atoms with Crippen molar-refractivity contribution in [1.82, 2.24) is 20.2 Å². The van der Waals surface area contributed by atoms with E-state index in [1.165, 1.54) is 6.07 Å². The van der Waals surface area contributed by atoms with E-state index < -0.39 is 5.82 Å². The van der Waals surface area contributed by atoms with Crippen LogP contribution in [-0.2, 0) is 4.74 Å². The Hall–Kier alpha value is -2.29. The number of aryl methyl sites for hydroxylation is 1. The van der Waals surface area contributed by atoms with E-state index in [1.807, 2.05) is 19.9 Å². The highest BCUT2D eigenvalue weighted by Crippen LogP contribution is 2.30. The lowest BCUT2D eigenvalue weighted by Gasteiger charge is -2.26. The molecule has 0 radical (unpaired) electrons. The number of aromatic nitrogens is 2. The molecule has 8 heteroatoms. The summed E-state index contributed by atoms with van der Waals surface area (Å²) in [6, 6.07) is 6.44. The van der Waals surface area contributed by atoms with Gasteiger partial charge in [-0.2, -0.15) is 0 Å². The van der Waals surface area contributed by atoms with E-state index in [2.05, 4.69) is 36.1 Å². The number of imidazole rings is 1. The van der Waals surface area contributed by atoms with Crippen LogP contribution < -0.4 is 5.32 Å². The summed E-state index contributed by atoms with van der Waals surface area (Å²) < 4.78 is 21.1. The van der Waals surface area contributed by atoms with Gasteiger partial charge in [0, 0.05) is 29.7 Å². The molecule has 1 aliphatic rings. The minimum absolute atomic E-state index is 0.271. The molecule has 0 spiro atoms. The lowest BCUT2D eigenvalue weighted by molar-refractivity contribution is 0.0374. The fraction of sp³-hybridized carbons (Fsp3) is 0.391. The average molecular weight is 489 g/mol. The van der Waals surface area contributed by atoms with E-state index in [9.17, 15) is 9.18 Å². The van der Waals surface area contributed by atoms with Crippen LogP contribution in [0, 0.1) is 19.7 Å². The molecule has 2 heterocycles. The van der Waals surface area contributed by atoms with E-state index in [4.69, 9.17) is 4.74 Å². The number of carbonyl (C=O) groups is 1. The lowest BCUT2D eigenvalue weighted by Crippen LogP contribution is -2.38. The van der Waals surface area contributed by atoms with E-state index in [1.54, 1.807) is 12.1 Å². The van der Waals surface area contributed by atoms with Gasteiger partial charge in [0.05, 0.1) is 29.8 Å². The SMILES string of the molecule is Cc1c(Br)cc2nc(-c3ccc(C(=O)NCCCN4CCOCC4)cc3F)[nH]c2c1C. The number of amides is 1. The molecule has 1 aromatic heterocycles. The van der Waals surface area contributed by atoms with Gasteiger partial charge in [-0.3, -0.25) is 9.69 Å². The number of nitrogens with one attached hydrogen (secondary N) is 2. The Morgan fingerprint density at radius 2 is 2.03 bits per heavy atom. The molecule has 31 heavy (non-hydrogen) atoms. The molecule has 1 fully saturated rings. The Balaban J connectivity index is 1.42. The molecule has 0 atom stereocenters. The van der Waals surface area contributed by atoms with Crippen molar-refractivity contribution in [3.8, 4) is 11.4 Å². The number of fused-ring (bicyclic) bond motifs is 1. The van der Waals surface area contributed by atoms with Crippen LogP contribution in [0.1, 0.15) is 27.9 Å². The van der Waals surface area contributed by atoms with Crippen molar-refractivity contribution >= 4 is 32.9 Å². The predicted octanol–water partition coefficient (Wildman–Crippen LogP) is 4.20. The van der Waals surface area contributed by atoms with Crippen molar-refractivity contribution in [2.24, 2.45) is 0 Å². The number of ether oxygens (including phenoxy) is 1. The third kappa shape index (κ3) is 4.81. The fourth-order valence-corrected chi connectivity index (χ4v) is 4.29. The first-order chi connectivity index (χ1) is 14.9. The topological polar surface area (TPSA) is 70.2 Å². The van der Waals surface area contributed by atoms with Gasteiger partial charge in [-0.05, 0) is 62.2 Å². The summed E-state index contributed by atoms with van der Waals surface area (Å²) in [6.07, 6.45) is 0.847. The van der Waals surface area contributed by atoms with E-state index in [0.29, 0.717) is 23.5 Å². The molecule has 6 nitrogen and oxygen atoms in total. The highest BCUT2D eigenvalue weighted by atomic mass is 79.9. The minimum atomic E-state index is -0.478. The number of benzene rings is 2. The van der Waals surface area contributed by atoms with Gasteiger partial charge in [0.25, 0.3) is 5.91 Å². The third-order valence-corrected chi connectivity index (χ3v) is 6.64. The maximum absolute atomic E-state index is 14.8. The minimum Gasteiger partial charge on any atom is -0.379 e. The molecule has 4 rings (SSSR count). The number of H-pyrrole nitrogens is 1. The zero-order valence-corrected chi connectivity index (χ0v) is 19.3. The molecule has 1 aliphatic heterocycles. The number of rotatable bonds is 6. The van der Waals surface area contributed by atoms with Gasteiger partial charge in [0.1, 0.15) is 11.6 Å². The van der Waals surface area contributed by atoms with Crippen molar-refractivity contribution in [2.45, 2.75) is 20.3 Å². The quantitative estimate of drug-likeness (QED) is 0.510. The van der Waals surface area contributed by atoms with Crippen molar-refractivity contribution in [1.29, 1.82) is 0 Å². The van der Waals surface area contributed by atoms with Gasteiger partial charge >= 0.3 is 0 Å². The normalized spacial score (nSPS) is 14.8. The molecule has 2 N–H and O–H groups in total. The van der Waals surface area contributed by atoms with Crippen LogP contribution in [0.5, 0.6) is 0 Å². The van der Waals surface area contributed by atoms with Gasteiger partial charge in [0.2, 0.25) is 0 Å². The van der Waals surface area contributed by atoms with E-state index >= 15 is 0 Å². The average Bonchev–Trinajstić information content (AvgIpc) is 3.19. The maximum Gasteiger partial charge on any atom is 0.251 e. The van der Waals surface area contributed by atoms with Crippen LogP contribution in [0.3, 0.4) is 0 Å². The molecule has 0 aliphatic carbocycles. The first-order valence-corrected chi connectivity index (χ1v) is 11.3. The fourth-order valence-electron chi connectivity index (χ4n) is 3.78. The molecule has 0 saturated carbocycles. The summed E-state index contributed by atoms with van der Waals surface area (Å²) in [5, 5.41) is 2.87. The van der Waals surface area contributed by atoms with Crippen molar-refractivity contribution < 1.29 is 13.9 Å². The molecule has 0 unspecified atom stereocenters. The molecule has 2 aromatic carbocycles. The number of halogens is 2. The highest BCUT2D eigenvalue weighted by Gasteiger charge is 2.16. The summed E-state index contributed by atoms with van der Waals surface area (Å²) in [5.41, 5.74) is 4.48. The first kappa shape index (κ1) is 21.9. The summed E-state index contributed by atoms with van der Waals surface area (Å²) in [6.45, 7) is 8.88. The predicted molar refractivity (Wildman–Crippen MR) is 123 cm³/mol. The molecule has 3 aromatic rings. The van der Waals surface area contributed by atoms with Crippen LogP contribution in [0.15, 0.2) is 28.7 Å². The molecule has 1 amide bonds. The monoisotopic (exact) mass is 488 g/mol. The van der Waals surface area contributed by atoms with Gasteiger partial charge in [-0.25, -0.2) is 9.37 Å². The second kappa shape index (κ2) is 9.46. The van der Waals surface area contributed by atoms with Crippen molar-refractivity contribution in [3.05, 3.63) is 51.2 Å². The Morgan fingerprint density at radius 3 is 2.77 bits per heavy atom. The Kier molecular flexibility index (Phi) is 6.69. The summed E-state index contributed by atoms with van der Waals surface area (Å²) in [4.78, 5) is 22.5. The number of hydrogen-bond donors (Lipinski definition) is 2. The zero-order valence-electron chi connectivity index (χ0n) is 17.7. The number of aromatic amines is 1. The van der Waals surface area contributed by atoms with Crippen molar-refractivity contribution in [2.75, 3.05) is 39.4 Å². The summed E-state index contributed by atoms with van der Waals surface area (Å²) in [5.74, 6) is -0.300. The third-order valence-electron chi connectivity index (χ3n) is 5.82. The number of carbonyl (C=O) groups excluding carboxylic acids is 1. The van der Waals surface area contributed by atoms with Crippen molar-refractivity contribution in [3.63, 3.8) is 0 Å². The van der Waals surface area contributed by atoms with E-state index in [0.717, 1.165) is 65.9 Å². The van der Waals surface area contributed by atoms with Gasteiger partial charge < -0.3 is 15.0 Å². The highest BCUT2D eigenvalue weighted by molar-refractivity contribution is 9.10. The molecular formula is C23H26BrFN4O2. The van der Waals surface area contributed by atoms with Crippen LogP contribution in [0.25, 0.3) is 22.4 Å². The Morgan fingerprint density at radius 1 is 1.26 bits per heavy atom. The molecule has 0 bridgehead atoms. The Bertz CT molecular complexity index is 1110. The largest absolute Gasteiger partial charge is 0.379 e. The number of morpholine rings is 1. The zero-order chi connectivity index (χ0) is 22.0. The number of hydrogen-bond acceptors (Lipinski definition) is 4. The van der Waals surface area contributed by atoms with Gasteiger partial charge in [0.15, 0.2) is 0 Å². The van der Waals surface area contributed by atoms with Crippen LogP contribution in [-0.4, -0.2) is 60.2 Å². The standard InChI is InChI=1S/C23H26BrFN4O2/c1-14-15(2)21-20(13-18(14)24)27-22(28-21)17-5-4-16(12-19(17)25)23(30)26-6-3-7-29-8-10-31-11-9-29/h4-5,12-13H,3,6-11H2,1-2H3,(H,26,30)(H,27,28). The second-order valence-corrected chi connectivity index (χ2v) is 8.70. The summed E-state index contributed by atoms with van der Waals surface area (Å²) in [7, 11) is 0. The molecule has 164 valence electrons. The second-order valence-electron chi connectivity index (χ2n) is 7.85. The summed E-state index contributed by atoms with van der Waals surface area (Å²) >= 11 is 3.54. The van der Waals surface area contributed by atoms with Gasteiger partial charge in [-0.1, -0.05) is 15.9 Å². The lowest BCUT2D eigenvalue weighted by atomic mass is 10.1. The molecule has 1 saturated heterocycles. The van der Waals surface area contributed by atoms with Crippen LogP contribution >= 0.6 is 15.9 Å². The van der Waals surface area contributed by atoms with E-state index in [-0.39, 0.29) is 5.91 Å². The molecular weight excluding hydrogens is 463 g/mol. The number of nitrogens with zero attached hydrogens (tertiary/aromatic N) is 2.